The third-order valence-corrected chi connectivity index (χ3v) is 2.70. The van der Waals surface area contributed by atoms with E-state index in [1.54, 1.807) is 6.07 Å². The third-order valence-electron chi connectivity index (χ3n) is 2.37. The van der Waals surface area contributed by atoms with Crippen LogP contribution in [0.3, 0.4) is 0 Å². The van der Waals surface area contributed by atoms with Gasteiger partial charge >= 0.3 is 0 Å². The van der Waals surface area contributed by atoms with E-state index in [2.05, 4.69) is 0 Å². The van der Waals surface area contributed by atoms with Gasteiger partial charge in [0.25, 0.3) is 0 Å². The summed E-state index contributed by atoms with van der Waals surface area (Å²) in [4.78, 5) is 0. The van der Waals surface area contributed by atoms with E-state index in [1.165, 1.54) is 0 Å². The van der Waals surface area contributed by atoms with E-state index in [0.717, 1.165) is 11.3 Å². The van der Waals surface area contributed by atoms with Gasteiger partial charge in [-0.25, -0.2) is 0 Å². The van der Waals surface area contributed by atoms with Crippen molar-refractivity contribution in [2.24, 2.45) is 5.73 Å². The van der Waals surface area contributed by atoms with Gasteiger partial charge in [0.15, 0.2) is 0 Å². The summed E-state index contributed by atoms with van der Waals surface area (Å²) >= 11 is 6.08. The van der Waals surface area contributed by atoms with Gasteiger partial charge in [-0.2, -0.15) is 0 Å². The third kappa shape index (κ3) is 2.43. The summed E-state index contributed by atoms with van der Waals surface area (Å²) in [5.41, 5.74) is 6.70. The van der Waals surface area contributed by atoms with Crippen LogP contribution in [0.5, 0.6) is 5.75 Å². The molecule has 15 heavy (non-hydrogen) atoms. The van der Waals surface area contributed by atoms with Crippen molar-refractivity contribution in [3.05, 3.63) is 28.8 Å². The lowest BCUT2D eigenvalue weighted by Crippen LogP contribution is -2.38. The van der Waals surface area contributed by atoms with Gasteiger partial charge in [0.1, 0.15) is 11.9 Å². The summed E-state index contributed by atoms with van der Waals surface area (Å²) in [6.45, 7) is 3.22. The minimum absolute atomic E-state index is 0.0569. The van der Waals surface area contributed by atoms with Crippen molar-refractivity contribution >= 4 is 11.6 Å². The fourth-order valence-electron chi connectivity index (χ4n) is 1.43. The molecule has 0 spiro atoms. The topological polar surface area (TPSA) is 44.5 Å². The first-order valence-corrected chi connectivity index (χ1v) is 5.34. The maximum atomic E-state index is 6.08. The van der Waals surface area contributed by atoms with Crippen LogP contribution in [-0.2, 0) is 4.74 Å². The van der Waals surface area contributed by atoms with Crippen LogP contribution in [0.4, 0.5) is 0 Å². The predicted molar refractivity (Wildman–Crippen MR) is 59.3 cm³/mol. The van der Waals surface area contributed by atoms with Crippen molar-refractivity contribution in [2.45, 2.75) is 19.1 Å². The molecule has 1 aliphatic rings. The van der Waals surface area contributed by atoms with Crippen LogP contribution in [-0.4, -0.2) is 19.3 Å². The van der Waals surface area contributed by atoms with Crippen molar-refractivity contribution in [1.82, 2.24) is 0 Å². The monoisotopic (exact) mass is 227 g/mol. The molecule has 2 N–H and O–H groups in total. The van der Waals surface area contributed by atoms with E-state index in [4.69, 9.17) is 26.8 Å². The van der Waals surface area contributed by atoms with Crippen molar-refractivity contribution in [1.29, 1.82) is 0 Å². The fraction of sp³-hybridized carbons (Fsp3) is 0.455. The van der Waals surface area contributed by atoms with Crippen LogP contribution in [0.15, 0.2) is 18.2 Å². The van der Waals surface area contributed by atoms with Crippen LogP contribution in [0, 0.1) is 0 Å². The van der Waals surface area contributed by atoms with Gasteiger partial charge in [-0.05, 0) is 24.6 Å². The number of rotatable bonds is 3. The first kappa shape index (κ1) is 10.7. The molecule has 2 rings (SSSR count). The predicted octanol–water partition coefficient (Wildman–Crippen LogP) is 2.14. The second-order valence-corrected chi connectivity index (χ2v) is 4.16. The van der Waals surface area contributed by atoms with Gasteiger partial charge in [-0.15, -0.1) is 0 Å². The summed E-state index contributed by atoms with van der Waals surface area (Å²) in [7, 11) is 0. The molecule has 1 unspecified atom stereocenters. The Morgan fingerprint density at radius 1 is 1.53 bits per heavy atom. The molecule has 1 heterocycles. The number of ether oxygens (including phenoxy) is 2. The van der Waals surface area contributed by atoms with E-state index in [0.29, 0.717) is 18.2 Å². The number of hydrogen-bond acceptors (Lipinski definition) is 3. The molecule has 1 aliphatic heterocycles. The highest BCUT2D eigenvalue weighted by Crippen LogP contribution is 2.27. The van der Waals surface area contributed by atoms with Gasteiger partial charge in [0.2, 0.25) is 0 Å². The van der Waals surface area contributed by atoms with E-state index in [1.807, 2.05) is 19.1 Å². The van der Waals surface area contributed by atoms with Gasteiger partial charge in [0.05, 0.1) is 13.2 Å². The Kier molecular flexibility index (Phi) is 3.14. The van der Waals surface area contributed by atoms with Crippen molar-refractivity contribution in [3.63, 3.8) is 0 Å². The van der Waals surface area contributed by atoms with Crippen LogP contribution in [0.25, 0.3) is 0 Å². The Morgan fingerprint density at radius 2 is 2.27 bits per heavy atom. The quantitative estimate of drug-likeness (QED) is 0.861. The van der Waals surface area contributed by atoms with Crippen LogP contribution < -0.4 is 10.5 Å². The molecule has 1 fully saturated rings. The SMILES string of the molecule is CC(N)c1ccc(OC2COC2)cc1Cl. The zero-order valence-corrected chi connectivity index (χ0v) is 9.33. The second kappa shape index (κ2) is 4.39. The zero-order valence-electron chi connectivity index (χ0n) is 8.57. The Labute approximate surface area is 94.1 Å². The molecule has 1 aromatic rings. The lowest BCUT2D eigenvalue weighted by Gasteiger charge is -2.27. The molecule has 1 aromatic carbocycles. The van der Waals surface area contributed by atoms with Crippen molar-refractivity contribution in [2.75, 3.05) is 13.2 Å². The molecule has 0 amide bonds. The molecule has 0 radical (unpaired) electrons. The first-order valence-electron chi connectivity index (χ1n) is 4.96. The summed E-state index contributed by atoms with van der Waals surface area (Å²) in [5, 5.41) is 0.655. The molecule has 0 bridgehead atoms. The average Bonchev–Trinajstić information content (AvgIpc) is 2.11. The largest absolute Gasteiger partial charge is 0.486 e. The highest BCUT2D eigenvalue weighted by atomic mass is 35.5. The second-order valence-electron chi connectivity index (χ2n) is 3.75. The Hall–Kier alpha value is -0.770. The Bertz CT molecular complexity index is 350. The Balaban J connectivity index is 2.10. The number of halogens is 1. The van der Waals surface area contributed by atoms with Crippen molar-refractivity contribution in [3.8, 4) is 5.75 Å². The number of nitrogens with two attached hydrogens (primary N) is 1. The first-order chi connectivity index (χ1) is 7.16. The van der Waals surface area contributed by atoms with Crippen LogP contribution in [0.2, 0.25) is 5.02 Å². The normalized spacial score (nSPS) is 18.3. The molecule has 0 aliphatic carbocycles. The minimum atomic E-state index is -0.0569. The summed E-state index contributed by atoms with van der Waals surface area (Å²) < 4.78 is 10.6. The maximum absolute atomic E-state index is 6.08. The van der Waals surface area contributed by atoms with E-state index < -0.39 is 0 Å². The molecule has 1 saturated heterocycles. The summed E-state index contributed by atoms with van der Waals surface area (Å²) in [6.07, 6.45) is 0.169. The zero-order chi connectivity index (χ0) is 10.8. The van der Waals surface area contributed by atoms with Gasteiger partial charge < -0.3 is 15.2 Å². The summed E-state index contributed by atoms with van der Waals surface area (Å²) in [5.74, 6) is 0.776. The van der Waals surface area contributed by atoms with E-state index in [9.17, 15) is 0 Å². The number of benzene rings is 1. The smallest absolute Gasteiger partial charge is 0.145 e. The lowest BCUT2D eigenvalue weighted by atomic mass is 10.1. The van der Waals surface area contributed by atoms with Gasteiger partial charge in [-0.1, -0.05) is 17.7 Å². The number of hydrogen-bond donors (Lipinski definition) is 1. The molecule has 0 saturated carbocycles. The average molecular weight is 228 g/mol. The standard InChI is InChI=1S/C11H14ClNO2/c1-7(13)10-3-2-8(4-11(10)12)15-9-5-14-6-9/h2-4,7,9H,5-6,13H2,1H3. The molecule has 1 atom stereocenters. The lowest BCUT2D eigenvalue weighted by molar-refractivity contribution is -0.0796. The molecule has 0 aromatic heterocycles. The molecule has 4 heteroatoms. The van der Waals surface area contributed by atoms with Crippen molar-refractivity contribution < 1.29 is 9.47 Å². The van der Waals surface area contributed by atoms with Gasteiger partial charge in [0, 0.05) is 11.1 Å². The fourth-order valence-corrected chi connectivity index (χ4v) is 1.77. The maximum Gasteiger partial charge on any atom is 0.145 e. The molecular weight excluding hydrogens is 214 g/mol. The Morgan fingerprint density at radius 3 is 2.73 bits per heavy atom. The van der Waals surface area contributed by atoms with E-state index in [-0.39, 0.29) is 12.1 Å². The highest BCUT2D eigenvalue weighted by Gasteiger charge is 2.20. The molecule has 3 nitrogen and oxygen atoms in total. The molecular formula is C11H14ClNO2. The highest BCUT2D eigenvalue weighted by molar-refractivity contribution is 6.31. The van der Waals surface area contributed by atoms with E-state index >= 15 is 0 Å². The summed E-state index contributed by atoms with van der Waals surface area (Å²) in [6, 6.07) is 5.54. The molecule has 82 valence electrons. The van der Waals surface area contributed by atoms with Gasteiger partial charge in [-0.3, -0.25) is 0 Å². The minimum Gasteiger partial charge on any atom is -0.486 e. The van der Waals surface area contributed by atoms with Crippen LogP contribution in [0.1, 0.15) is 18.5 Å². The van der Waals surface area contributed by atoms with Crippen LogP contribution >= 0.6 is 11.6 Å².